The zero-order valence-corrected chi connectivity index (χ0v) is 31.6. The summed E-state index contributed by atoms with van der Waals surface area (Å²) in [6.45, 7) is 19.0. The third kappa shape index (κ3) is 7.31. The average molecular weight is 697 g/mol. The number of benzene rings is 2. The Kier molecular flexibility index (Phi) is 11.9. The molecule has 2 aromatic carbocycles. The van der Waals surface area contributed by atoms with Gasteiger partial charge in [0.2, 0.25) is 11.6 Å². The smallest absolute Gasteiger partial charge is 0.297 e. The van der Waals surface area contributed by atoms with Gasteiger partial charge >= 0.3 is 0 Å². The quantitative estimate of drug-likeness (QED) is 0.157. The Hall–Kier alpha value is -1.32. The van der Waals surface area contributed by atoms with Crippen LogP contribution < -0.4 is 0 Å². The summed E-state index contributed by atoms with van der Waals surface area (Å²) in [4.78, 5) is 0.924. The highest BCUT2D eigenvalue weighted by Gasteiger charge is 2.63. The highest BCUT2D eigenvalue weighted by Crippen LogP contribution is 2.48. The van der Waals surface area contributed by atoms with Gasteiger partial charge in [-0.25, -0.2) is 0 Å². The highest BCUT2D eigenvalue weighted by molar-refractivity contribution is 7.99. The number of hydrogen-bond donors (Lipinski definition) is 0. The molecule has 0 saturated carbocycles. The van der Waals surface area contributed by atoms with Crippen LogP contribution in [0.5, 0.6) is 0 Å². The van der Waals surface area contributed by atoms with Gasteiger partial charge in [-0.05, 0) is 61.7 Å². The van der Waals surface area contributed by atoms with Crippen LogP contribution >= 0.6 is 11.8 Å². The van der Waals surface area contributed by atoms with Crippen molar-refractivity contribution in [2.24, 2.45) is 0 Å². The zero-order valence-electron chi connectivity index (χ0n) is 29.0. The molecule has 258 valence electrons. The molecule has 2 saturated heterocycles. The normalized spacial score (nSPS) is 30.6. The second kappa shape index (κ2) is 14.7. The van der Waals surface area contributed by atoms with E-state index < -0.39 is 59.9 Å². The summed E-state index contributed by atoms with van der Waals surface area (Å²) in [5, 5.41) is 0. The minimum Gasteiger partial charge on any atom is -0.413 e. The zero-order chi connectivity index (χ0) is 34.1. The third-order valence-electron chi connectivity index (χ3n) is 9.66. The first-order valence-corrected chi connectivity index (χ1v) is 20.4. The van der Waals surface area contributed by atoms with Gasteiger partial charge in [0.25, 0.3) is 10.1 Å². The molecule has 0 radical (unpaired) electrons. The highest BCUT2D eigenvalue weighted by atomic mass is 32.2. The lowest BCUT2D eigenvalue weighted by molar-refractivity contribution is -0.468. The van der Waals surface area contributed by atoms with Crippen LogP contribution in [0.2, 0.25) is 16.6 Å². The minimum absolute atomic E-state index is 0.0399. The molecule has 2 aliphatic rings. The molecule has 0 amide bonds. The molecule has 2 unspecified atom stereocenters. The molecule has 0 aliphatic carbocycles. The van der Waals surface area contributed by atoms with Crippen molar-refractivity contribution in [3.05, 3.63) is 60.2 Å². The monoisotopic (exact) mass is 696 g/mol. The average Bonchev–Trinajstić information content (AvgIpc) is 3.00. The lowest BCUT2D eigenvalue weighted by Crippen LogP contribution is -2.73. The Labute approximate surface area is 281 Å². The Balaban J connectivity index is 1.81. The largest absolute Gasteiger partial charge is 0.413 e. The minimum atomic E-state index is -4.24. The number of hydrogen-bond acceptors (Lipinski definition) is 10. The molecule has 12 heteroatoms. The van der Waals surface area contributed by atoms with E-state index >= 15 is 0 Å². The number of aryl methyl sites for hydroxylation is 1. The second-order valence-corrected chi connectivity index (χ2v) is 21.6. The van der Waals surface area contributed by atoms with Gasteiger partial charge in [-0.1, -0.05) is 89.2 Å². The van der Waals surface area contributed by atoms with Crippen molar-refractivity contribution in [3.63, 3.8) is 0 Å². The number of fused-ring (bicyclic) bond motifs is 1. The van der Waals surface area contributed by atoms with E-state index in [1.54, 1.807) is 26.0 Å². The van der Waals surface area contributed by atoms with Gasteiger partial charge in [0.05, 0.1) is 11.5 Å². The van der Waals surface area contributed by atoms with Crippen molar-refractivity contribution in [1.82, 2.24) is 0 Å². The first kappa shape index (κ1) is 37.5. The van der Waals surface area contributed by atoms with Gasteiger partial charge in [-0.15, -0.1) is 0 Å². The van der Waals surface area contributed by atoms with Crippen LogP contribution in [0.15, 0.2) is 64.4 Å². The van der Waals surface area contributed by atoms with E-state index in [1.807, 2.05) is 37.3 Å². The maximum absolute atomic E-state index is 13.8. The Morgan fingerprint density at radius 2 is 1.35 bits per heavy atom. The van der Waals surface area contributed by atoms with E-state index in [2.05, 4.69) is 41.5 Å². The van der Waals surface area contributed by atoms with E-state index in [0.717, 1.165) is 10.5 Å². The SMILES string of the molecule is COC1(C)O[C@@H]2[C@H](OS(=O)(=O)c3ccc(C)cc3)[C@@H](Sc3ccccc3)O[C@H](CO[Si](C(C)C)(C(C)C)C(C)C)[C@H]2OC1(C)OC. The molecule has 0 spiro atoms. The molecule has 46 heavy (non-hydrogen) atoms. The van der Waals surface area contributed by atoms with Crippen LogP contribution in [-0.4, -0.2) is 79.0 Å². The summed E-state index contributed by atoms with van der Waals surface area (Å²) < 4.78 is 72.7. The van der Waals surface area contributed by atoms with Gasteiger partial charge < -0.3 is 28.1 Å². The first-order valence-electron chi connectivity index (χ1n) is 16.0. The van der Waals surface area contributed by atoms with Crippen LogP contribution in [0.4, 0.5) is 0 Å². The van der Waals surface area contributed by atoms with Crippen molar-refractivity contribution < 1.29 is 40.7 Å². The molecular weight excluding hydrogens is 645 g/mol. The molecule has 4 rings (SSSR count). The fraction of sp³-hybridized carbons (Fsp3) is 0.647. The topological polar surface area (TPSA) is 98.8 Å². The van der Waals surface area contributed by atoms with Crippen LogP contribution in [-0.2, 0) is 42.4 Å². The number of methoxy groups -OCH3 is 2. The molecule has 2 fully saturated rings. The van der Waals surface area contributed by atoms with Crippen LogP contribution in [0.1, 0.15) is 61.0 Å². The fourth-order valence-corrected chi connectivity index (χ4v) is 14.7. The predicted octanol–water partition coefficient (Wildman–Crippen LogP) is 7.29. The van der Waals surface area contributed by atoms with E-state index in [4.69, 9.17) is 32.3 Å². The molecular formula is C34H52O9S2Si. The third-order valence-corrected chi connectivity index (χ3v) is 18.2. The number of thioether (sulfide) groups is 1. The molecule has 0 N–H and O–H groups in total. The van der Waals surface area contributed by atoms with E-state index in [-0.39, 0.29) is 11.5 Å². The van der Waals surface area contributed by atoms with E-state index in [0.29, 0.717) is 16.6 Å². The van der Waals surface area contributed by atoms with Crippen molar-refractivity contribution in [3.8, 4) is 0 Å². The lowest BCUT2D eigenvalue weighted by Gasteiger charge is -2.57. The Morgan fingerprint density at radius 3 is 1.85 bits per heavy atom. The van der Waals surface area contributed by atoms with Crippen molar-refractivity contribution >= 4 is 30.2 Å². The Bertz CT molecular complexity index is 1370. The lowest BCUT2D eigenvalue weighted by atomic mass is 9.95. The Morgan fingerprint density at radius 1 is 0.826 bits per heavy atom. The molecule has 7 atom stereocenters. The van der Waals surface area contributed by atoms with Gasteiger partial charge in [0, 0.05) is 19.1 Å². The molecule has 9 nitrogen and oxygen atoms in total. The van der Waals surface area contributed by atoms with Crippen molar-refractivity contribution in [2.75, 3.05) is 20.8 Å². The summed E-state index contributed by atoms with van der Waals surface area (Å²) in [5.41, 5.74) is 1.18. The predicted molar refractivity (Wildman–Crippen MR) is 182 cm³/mol. The van der Waals surface area contributed by atoms with Gasteiger partial charge in [0.15, 0.2) is 8.32 Å². The number of rotatable bonds is 13. The van der Waals surface area contributed by atoms with E-state index in [9.17, 15) is 8.42 Å². The maximum atomic E-state index is 13.8. The molecule has 2 aromatic rings. The van der Waals surface area contributed by atoms with Crippen LogP contribution in [0, 0.1) is 6.92 Å². The summed E-state index contributed by atoms with van der Waals surface area (Å²) in [6, 6.07) is 16.2. The summed E-state index contributed by atoms with van der Waals surface area (Å²) in [7, 11) is -3.53. The summed E-state index contributed by atoms with van der Waals surface area (Å²) in [6.07, 6.45) is -3.48. The number of ether oxygens (including phenoxy) is 5. The van der Waals surface area contributed by atoms with Crippen LogP contribution in [0.25, 0.3) is 0 Å². The maximum Gasteiger partial charge on any atom is 0.297 e. The van der Waals surface area contributed by atoms with Crippen molar-refractivity contribution in [1.29, 1.82) is 0 Å². The van der Waals surface area contributed by atoms with Crippen molar-refractivity contribution in [2.45, 2.75) is 130 Å². The van der Waals surface area contributed by atoms with Gasteiger partial charge in [-0.3, -0.25) is 4.18 Å². The van der Waals surface area contributed by atoms with Gasteiger partial charge in [0.1, 0.15) is 29.9 Å². The fourth-order valence-electron chi connectivity index (χ4n) is 6.95. The summed E-state index contributed by atoms with van der Waals surface area (Å²) >= 11 is 1.37. The van der Waals surface area contributed by atoms with E-state index in [1.165, 1.54) is 38.1 Å². The molecule has 2 aliphatic heterocycles. The first-order chi connectivity index (χ1) is 21.5. The molecule has 0 bridgehead atoms. The molecule has 0 aromatic heterocycles. The standard InChI is InChI=1S/C34H52O9S2Si/c1-22(2)46(23(3)4,24(5)6)39-21-28-29-30(42-34(9,38-11)33(8,37-10)41-29)31(32(40-28)44-26-15-13-12-14-16-26)43-45(35,36)27-19-17-25(7)18-20-27/h12-20,22-24,28-32H,21H2,1-11H3/t28-,29-,30+,31+,32-,33?,34?/m1/s1. The second-order valence-electron chi connectivity index (χ2n) is 13.4. The van der Waals surface area contributed by atoms with Crippen LogP contribution in [0.3, 0.4) is 0 Å². The molecule has 2 heterocycles. The summed E-state index contributed by atoms with van der Waals surface area (Å²) in [5.74, 6) is -2.76. The van der Waals surface area contributed by atoms with Gasteiger partial charge in [-0.2, -0.15) is 8.42 Å².